The highest BCUT2D eigenvalue weighted by Crippen LogP contribution is 2.47. The van der Waals surface area contributed by atoms with Gasteiger partial charge in [-0.25, -0.2) is 4.98 Å². The van der Waals surface area contributed by atoms with Crippen LogP contribution in [0.15, 0.2) is 11.1 Å². The molecule has 0 amide bonds. The molecule has 2 fully saturated rings. The minimum atomic E-state index is 0.0453. The number of hydrogen-bond donors (Lipinski definition) is 1. The van der Waals surface area contributed by atoms with Gasteiger partial charge in [-0.2, -0.15) is 9.61 Å². The Balaban J connectivity index is 1.35. The molecule has 3 aromatic rings. The number of fused-ring (bicyclic) bond motifs is 3. The topological polar surface area (TPSA) is 92.1 Å². The van der Waals surface area contributed by atoms with Crippen molar-refractivity contribution < 1.29 is 0 Å². The second-order valence-electron chi connectivity index (χ2n) is 8.98. The molecule has 3 aliphatic rings. The molecule has 1 saturated heterocycles. The minimum absolute atomic E-state index is 0.0453. The summed E-state index contributed by atoms with van der Waals surface area (Å²) in [6, 6.07) is 0. The van der Waals surface area contributed by atoms with Gasteiger partial charge in [0, 0.05) is 30.0 Å². The molecule has 0 unspecified atom stereocenters. The Morgan fingerprint density at radius 3 is 2.72 bits per heavy atom. The van der Waals surface area contributed by atoms with Crippen LogP contribution in [0.1, 0.15) is 66.4 Å². The maximum Gasteiger partial charge on any atom is 0.254 e. The molecule has 1 N–H and O–H groups in total. The first kappa shape index (κ1) is 17.1. The third-order valence-electron chi connectivity index (χ3n) is 7.29. The van der Waals surface area contributed by atoms with Crippen LogP contribution in [-0.2, 0) is 11.8 Å². The van der Waals surface area contributed by atoms with Crippen molar-refractivity contribution in [1.82, 2.24) is 29.8 Å². The largest absolute Gasteiger partial charge is 0.368 e. The molecule has 8 heteroatoms. The van der Waals surface area contributed by atoms with Crippen molar-refractivity contribution in [3.63, 3.8) is 0 Å². The number of nitrogens with zero attached hydrogens (tertiary/aromatic N) is 6. The molecule has 0 atom stereocenters. The highest BCUT2D eigenvalue weighted by atomic mass is 16.1. The predicted molar refractivity (Wildman–Crippen MR) is 109 cm³/mol. The van der Waals surface area contributed by atoms with E-state index in [9.17, 15) is 4.79 Å². The maximum atomic E-state index is 12.6. The molecule has 0 radical (unpaired) electrons. The van der Waals surface area contributed by atoms with Crippen LogP contribution in [0.4, 0.5) is 5.69 Å². The van der Waals surface area contributed by atoms with Crippen molar-refractivity contribution in [2.75, 3.05) is 18.0 Å². The van der Waals surface area contributed by atoms with Crippen LogP contribution in [-0.4, -0.2) is 42.9 Å². The fourth-order valence-electron chi connectivity index (χ4n) is 5.28. The van der Waals surface area contributed by atoms with E-state index in [0.717, 1.165) is 85.7 Å². The van der Waals surface area contributed by atoms with Crippen molar-refractivity contribution in [3.05, 3.63) is 45.0 Å². The Bertz CT molecular complexity index is 1180. The summed E-state index contributed by atoms with van der Waals surface area (Å²) in [6.07, 6.45) is 7.89. The Hall–Kier alpha value is -2.77. The molecular formula is C21H25N7O. The highest BCUT2D eigenvalue weighted by molar-refractivity contribution is 5.72. The van der Waals surface area contributed by atoms with E-state index in [4.69, 9.17) is 4.98 Å². The Kier molecular flexibility index (Phi) is 3.47. The van der Waals surface area contributed by atoms with Crippen LogP contribution in [0, 0.1) is 13.8 Å². The van der Waals surface area contributed by atoms with E-state index in [2.05, 4.69) is 32.1 Å². The molecule has 2 aliphatic carbocycles. The zero-order chi connectivity index (χ0) is 19.8. The predicted octanol–water partition coefficient (Wildman–Crippen LogP) is 2.19. The second-order valence-corrected chi connectivity index (χ2v) is 8.98. The molecule has 0 aromatic carbocycles. The quantitative estimate of drug-likeness (QED) is 0.720. The van der Waals surface area contributed by atoms with Gasteiger partial charge in [0.1, 0.15) is 12.2 Å². The number of nitrogens with one attached hydrogen (secondary N) is 1. The molecule has 6 rings (SSSR count). The van der Waals surface area contributed by atoms with Crippen molar-refractivity contribution >= 4 is 11.3 Å². The standard InChI is InChI=1S/C21H25N7O/c1-12-13(2)26-28-11-22-25-19(28)16(12)27-9-7-21(8-10-27)6-5-15-17(21)23-18(14-3-4-14)24-20(15)29/h11,14H,3-10H2,1-2H3,(H,23,24,29). The number of piperidine rings is 1. The van der Waals surface area contributed by atoms with Crippen molar-refractivity contribution in [1.29, 1.82) is 0 Å². The molecule has 150 valence electrons. The van der Waals surface area contributed by atoms with Gasteiger partial charge in [-0.3, -0.25) is 4.79 Å². The Labute approximate surface area is 168 Å². The van der Waals surface area contributed by atoms with Crippen LogP contribution < -0.4 is 10.5 Å². The Morgan fingerprint density at radius 1 is 1.17 bits per heavy atom. The van der Waals surface area contributed by atoms with E-state index >= 15 is 0 Å². The van der Waals surface area contributed by atoms with E-state index in [-0.39, 0.29) is 11.0 Å². The first-order valence-electron chi connectivity index (χ1n) is 10.6. The van der Waals surface area contributed by atoms with Crippen molar-refractivity contribution in [3.8, 4) is 0 Å². The lowest BCUT2D eigenvalue weighted by Crippen LogP contribution is -2.43. The zero-order valence-corrected chi connectivity index (χ0v) is 16.9. The molecule has 1 saturated carbocycles. The molecule has 1 aliphatic heterocycles. The van der Waals surface area contributed by atoms with E-state index < -0.39 is 0 Å². The molecule has 0 bridgehead atoms. The summed E-state index contributed by atoms with van der Waals surface area (Å²) in [6.45, 7) is 6.01. The normalized spacial score (nSPS) is 20.6. The summed E-state index contributed by atoms with van der Waals surface area (Å²) in [5.41, 5.74) is 6.30. The molecule has 8 nitrogen and oxygen atoms in total. The lowest BCUT2D eigenvalue weighted by molar-refractivity contribution is 0.322. The summed E-state index contributed by atoms with van der Waals surface area (Å²) in [4.78, 5) is 23.1. The molecule has 4 heterocycles. The minimum Gasteiger partial charge on any atom is -0.368 e. The third-order valence-corrected chi connectivity index (χ3v) is 7.29. The van der Waals surface area contributed by atoms with Crippen molar-refractivity contribution in [2.24, 2.45) is 0 Å². The summed E-state index contributed by atoms with van der Waals surface area (Å²) in [5, 5.41) is 12.9. The van der Waals surface area contributed by atoms with Crippen LogP contribution >= 0.6 is 0 Å². The lowest BCUT2D eigenvalue weighted by atomic mass is 9.76. The number of hydrogen-bond acceptors (Lipinski definition) is 6. The second kappa shape index (κ2) is 5.87. The average Bonchev–Trinajstić information content (AvgIpc) is 3.38. The zero-order valence-electron chi connectivity index (χ0n) is 16.9. The van der Waals surface area contributed by atoms with Crippen LogP contribution in [0.5, 0.6) is 0 Å². The number of aromatic nitrogens is 6. The van der Waals surface area contributed by atoms with Gasteiger partial charge >= 0.3 is 0 Å². The van der Waals surface area contributed by atoms with Gasteiger partial charge in [0.05, 0.1) is 17.1 Å². The summed E-state index contributed by atoms with van der Waals surface area (Å²) in [5.74, 6) is 1.39. The lowest BCUT2D eigenvalue weighted by Gasteiger charge is -2.41. The smallest absolute Gasteiger partial charge is 0.254 e. The number of anilines is 1. The molecule has 1 spiro atoms. The highest BCUT2D eigenvalue weighted by Gasteiger charge is 2.45. The Morgan fingerprint density at radius 2 is 1.97 bits per heavy atom. The monoisotopic (exact) mass is 391 g/mol. The van der Waals surface area contributed by atoms with E-state index in [1.807, 2.05) is 6.92 Å². The number of H-pyrrole nitrogens is 1. The van der Waals surface area contributed by atoms with E-state index in [1.165, 1.54) is 5.56 Å². The van der Waals surface area contributed by atoms with Gasteiger partial charge < -0.3 is 9.88 Å². The fraction of sp³-hybridized carbons (Fsp3) is 0.571. The summed E-state index contributed by atoms with van der Waals surface area (Å²) >= 11 is 0. The van der Waals surface area contributed by atoms with Gasteiger partial charge in [-0.15, -0.1) is 10.2 Å². The van der Waals surface area contributed by atoms with Gasteiger partial charge in [0.15, 0.2) is 0 Å². The number of aryl methyl sites for hydroxylation is 1. The van der Waals surface area contributed by atoms with Crippen molar-refractivity contribution in [2.45, 2.75) is 63.7 Å². The molecule has 29 heavy (non-hydrogen) atoms. The summed E-state index contributed by atoms with van der Waals surface area (Å²) in [7, 11) is 0. The summed E-state index contributed by atoms with van der Waals surface area (Å²) < 4.78 is 1.77. The number of aromatic amines is 1. The van der Waals surface area contributed by atoms with Crippen LogP contribution in [0.3, 0.4) is 0 Å². The average molecular weight is 391 g/mol. The first-order chi connectivity index (χ1) is 14.1. The van der Waals surface area contributed by atoms with Crippen LogP contribution in [0.25, 0.3) is 5.65 Å². The SMILES string of the molecule is Cc1nn2cnnc2c(N2CCC3(CCc4c3nc(C3CC3)[nH]c4=O)CC2)c1C. The van der Waals surface area contributed by atoms with Gasteiger partial charge in [0.2, 0.25) is 5.65 Å². The maximum absolute atomic E-state index is 12.6. The first-order valence-corrected chi connectivity index (χ1v) is 10.6. The van der Waals surface area contributed by atoms with E-state index in [1.54, 1.807) is 10.8 Å². The number of rotatable bonds is 2. The molecular weight excluding hydrogens is 366 g/mol. The van der Waals surface area contributed by atoms with Crippen LogP contribution in [0.2, 0.25) is 0 Å². The van der Waals surface area contributed by atoms with Gasteiger partial charge in [-0.1, -0.05) is 0 Å². The molecule has 3 aromatic heterocycles. The van der Waals surface area contributed by atoms with Gasteiger partial charge in [-0.05, 0) is 57.9 Å². The van der Waals surface area contributed by atoms with E-state index in [0.29, 0.717) is 5.92 Å². The van der Waals surface area contributed by atoms with Gasteiger partial charge in [0.25, 0.3) is 5.56 Å². The third kappa shape index (κ3) is 2.47. The fourth-order valence-corrected chi connectivity index (χ4v) is 5.28.